The number of anilines is 2. The highest BCUT2D eigenvalue weighted by atomic mass is 19.4. The molecule has 0 radical (unpaired) electrons. The second-order valence-electron chi connectivity index (χ2n) is 8.70. The summed E-state index contributed by atoms with van der Waals surface area (Å²) in [7, 11) is 0. The minimum absolute atomic E-state index is 0.0214. The predicted molar refractivity (Wildman–Crippen MR) is 116 cm³/mol. The van der Waals surface area contributed by atoms with Crippen molar-refractivity contribution in [3.63, 3.8) is 0 Å². The van der Waals surface area contributed by atoms with Gasteiger partial charge in [-0.2, -0.15) is 13.2 Å². The Balaban J connectivity index is 1.79. The van der Waals surface area contributed by atoms with Crippen LogP contribution in [-0.4, -0.2) is 24.5 Å². The van der Waals surface area contributed by atoms with Crippen LogP contribution in [0.2, 0.25) is 0 Å². The number of halogens is 3. The van der Waals surface area contributed by atoms with Crippen molar-refractivity contribution in [2.24, 2.45) is 5.41 Å². The summed E-state index contributed by atoms with van der Waals surface area (Å²) in [5, 5.41) is 2.83. The Hall–Kier alpha value is -3.09. The molecule has 0 aliphatic carbocycles. The third kappa shape index (κ3) is 5.34. The van der Waals surface area contributed by atoms with Crippen LogP contribution in [0.4, 0.5) is 24.5 Å². The molecule has 7 heteroatoms. The lowest BCUT2D eigenvalue weighted by Crippen LogP contribution is -2.38. The molecule has 0 saturated carbocycles. The first-order chi connectivity index (χ1) is 14.3. The first kappa shape index (κ1) is 22.6. The summed E-state index contributed by atoms with van der Waals surface area (Å²) in [5.74, 6) is -0.344. The molecule has 0 fully saturated rings. The fourth-order valence-corrected chi connectivity index (χ4v) is 3.51. The molecule has 31 heavy (non-hydrogen) atoms. The van der Waals surface area contributed by atoms with Crippen molar-refractivity contribution in [2.75, 3.05) is 16.8 Å². The standard InChI is InChI=1S/C24H25F3N2O2/c1-15-13-16(9-11-24(25,26)27)5-8-19(15)21(30)28-18-7-6-17-10-12-29(20(17)14-18)22(31)23(2,3)4/h5-9,11,13-14H,10,12H2,1-4H3,(H,28,30). The summed E-state index contributed by atoms with van der Waals surface area (Å²) in [6.07, 6.45) is -2.50. The molecule has 164 valence electrons. The Morgan fingerprint density at radius 1 is 1.06 bits per heavy atom. The topological polar surface area (TPSA) is 49.4 Å². The van der Waals surface area contributed by atoms with Gasteiger partial charge in [-0.15, -0.1) is 0 Å². The van der Waals surface area contributed by atoms with Gasteiger partial charge in [-0.25, -0.2) is 0 Å². The van der Waals surface area contributed by atoms with Crippen LogP contribution in [0.3, 0.4) is 0 Å². The average Bonchev–Trinajstić information content (AvgIpc) is 3.07. The van der Waals surface area contributed by atoms with Gasteiger partial charge in [0.25, 0.3) is 5.91 Å². The van der Waals surface area contributed by atoms with Crippen molar-refractivity contribution in [3.05, 3.63) is 64.7 Å². The van der Waals surface area contributed by atoms with Crippen LogP contribution in [0.5, 0.6) is 0 Å². The van der Waals surface area contributed by atoms with E-state index < -0.39 is 11.6 Å². The quantitative estimate of drug-likeness (QED) is 0.673. The fraction of sp³-hybridized carbons (Fsp3) is 0.333. The van der Waals surface area contributed by atoms with Crippen molar-refractivity contribution < 1.29 is 22.8 Å². The first-order valence-corrected chi connectivity index (χ1v) is 9.98. The van der Waals surface area contributed by atoms with Gasteiger partial charge >= 0.3 is 6.18 Å². The molecule has 0 unspecified atom stereocenters. The lowest BCUT2D eigenvalue weighted by atomic mass is 9.94. The fourth-order valence-electron chi connectivity index (χ4n) is 3.51. The van der Waals surface area contributed by atoms with E-state index in [1.54, 1.807) is 24.0 Å². The molecule has 3 rings (SSSR count). The van der Waals surface area contributed by atoms with E-state index in [2.05, 4.69) is 5.32 Å². The minimum atomic E-state index is -4.39. The Bertz CT molecular complexity index is 1050. The summed E-state index contributed by atoms with van der Waals surface area (Å²) in [6.45, 7) is 7.89. The smallest absolute Gasteiger partial charge is 0.322 e. The van der Waals surface area contributed by atoms with Gasteiger partial charge in [0, 0.05) is 35.0 Å². The SMILES string of the molecule is Cc1cc(C=CC(F)(F)F)ccc1C(=O)Nc1ccc2c(c1)N(C(=O)C(C)(C)C)CC2. The normalized spacial score (nSPS) is 14.1. The third-order valence-electron chi connectivity index (χ3n) is 5.09. The van der Waals surface area contributed by atoms with Crippen LogP contribution in [0, 0.1) is 12.3 Å². The molecule has 1 N–H and O–H groups in total. The molecule has 1 aliphatic heterocycles. The van der Waals surface area contributed by atoms with E-state index in [4.69, 9.17) is 0 Å². The van der Waals surface area contributed by atoms with E-state index in [1.807, 2.05) is 26.8 Å². The Labute approximate surface area is 179 Å². The molecule has 2 aromatic rings. The second-order valence-corrected chi connectivity index (χ2v) is 8.70. The first-order valence-electron chi connectivity index (χ1n) is 9.98. The van der Waals surface area contributed by atoms with Crippen molar-refractivity contribution >= 4 is 29.3 Å². The molecule has 0 spiro atoms. The molecule has 1 heterocycles. The highest BCUT2D eigenvalue weighted by molar-refractivity contribution is 6.06. The third-order valence-corrected chi connectivity index (χ3v) is 5.09. The van der Waals surface area contributed by atoms with Crippen molar-refractivity contribution in [3.8, 4) is 0 Å². The van der Waals surface area contributed by atoms with Crippen molar-refractivity contribution in [1.82, 2.24) is 0 Å². The summed E-state index contributed by atoms with van der Waals surface area (Å²) in [5.41, 5.74) is 3.17. The molecular weight excluding hydrogens is 405 g/mol. The number of hydrogen-bond donors (Lipinski definition) is 1. The molecule has 0 saturated heterocycles. The summed E-state index contributed by atoms with van der Waals surface area (Å²) in [4.78, 5) is 27.2. The Kier molecular flexibility index (Phi) is 5.98. The maximum absolute atomic E-state index is 12.7. The molecular formula is C24H25F3N2O2. The lowest BCUT2D eigenvalue weighted by Gasteiger charge is -2.26. The lowest BCUT2D eigenvalue weighted by molar-refractivity contribution is -0.125. The molecule has 0 aromatic heterocycles. The maximum Gasteiger partial charge on any atom is 0.409 e. The highest BCUT2D eigenvalue weighted by Crippen LogP contribution is 2.34. The van der Waals surface area contributed by atoms with E-state index in [-0.39, 0.29) is 17.9 Å². The molecule has 1 aliphatic rings. The van der Waals surface area contributed by atoms with Gasteiger partial charge in [-0.1, -0.05) is 45.0 Å². The van der Waals surface area contributed by atoms with E-state index in [1.165, 1.54) is 18.2 Å². The Morgan fingerprint density at radius 2 is 1.77 bits per heavy atom. The Morgan fingerprint density at radius 3 is 2.39 bits per heavy atom. The molecule has 2 aromatic carbocycles. The number of fused-ring (bicyclic) bond motifs is 1. The molecule has 0 atom stereocenters. The van der Waals surface area contributed by atoms with Crippen LogP contribution in [0.1, 0.15) is 47.8 Å². The number of rotatable bonds is 3. The van der Waals surface area contributed by atoms with Gasteiger partial charge in [0.1, 0.15) is 0 Å². The van der Waals surface area contributed by atoms with Gasteiger partial charge in [0.05, 0.1) is 0 Å². The summed E-state index contributed by atoms with van der Waals surface area (Å²) >= 11 is 0. The van der Waals surface area contributed by atoms with Crippen LogP contribution in [0.25, 0.3) is 6.08 Å². The zero-order valence-corrected chi connectivity index (χ0v) is 17.9. The number of hydrogen-bond acceptors (Lipinski definition) is 2. The zero-order valence-electron chi connectivity index (χ0n) is 17.9. The number of nitrogens with zero attached hydrogens (tertiary/aromatic N) is 1. The monoisotopic (exact) mass is 430 g/mol. The van der Waals surface area contributed by atoms with Crippen LogP contribution in [0.15, 0.2) is 42.5 Å². The zero-order chi connectivity index (χ0) is 23.0. The van der Waals surface area contributed by atoms with Crippen LogP contribution < -0.4 is 10.2 Å². The molecule has 2 amide bonds. The number of benzene rings is 2. The number of nitrogens with one attached hydrogen (secondary N) is 1. The minimum Gasteiger partial charge on any atom is -0.322 e. The van der Waals surface area contributed by atoms with E-state index in [0.717, 1.165) is 23.7 Å². The van der Waals surface area contributed by atoms with Crippen LogP contribution >= 0.6 is 0 Å². The van der Waals surface area contributed by atoms with Gasteiger partial charge in [0.2, 0.25) is 5.91 Å². The average molecular weight is 430 g/mol. The maximum atomic E-state index is 12.7. The van der Waals surface area contributed by atoms with Gasteiger partial charge in [-0.3, -0.25) is 9.59 Å². The van der Waals surface area contributed by atoms with Gasteiger partial charge < -0.3 is 10.2 Å². The molecule has 0 bridgehead atoms. The van der Waals surface area contributed by atoms with Crippen molar-refractivity contribution in [2.45, 2.75) is 40.3 Å². The predicted octanol–water partition coefficient (Wildman–Crippen LogP) is 5.76. The van der Waals surface area contributed by atoms with Gasteiger partial charge in [0.15, 0.2) is 0 Å². The van der Waals surface area contributed by atoms with Gasteiger partial charge in [-0.05, 0) is 48.2 Å². The van der Waals surface area contributed by atoms with Crippen molar-refractivity contribution in [1.29, 1.82) is 0 Å². The number of alkyl halides is 3. The number of amides is 2. The highest BCUT2D eigenvalue weighted by Gasteiger charge is 2.32. The molecule has 4 nitrogen and oxygen atoms in total. The van der Waals surface area contributed by atoms with E-state index in [0.29, 0.717) is 28.9 Å². The van der Waals surface area contributed by atoms with E-state index in [9.17, 15) is 22.8 Å². The number of allylic oxidation sites excluding steroid dienone is 1. The summed E-state index contributed by atoms with van der Waals surface area (Å²) in [6, 6.07) is 9.99. The van der Waals surface area contributed by atoms with E-state index >= 15 is 0 Å². The summed E-state index contributed by atoms with van der Waals surface area (Å²) < 4.78 is 37.1. The largest absolute Gasteiger partial charge is 0.409 e. The number of aryl methyl sites for hydroxylation is 1. The number of carbonyl (C=O) groups excluding carboxylic acids is 2. The second kappa shape index (κ2) is 8.21. The number of carbonyl (C=O) groups is 2. The van der Waals surface area contributed by atoms with Crippen LogP contribution in [-0.2, 0) is 11.2 Å².